The van der Waals surface area contributed by atoms with Crippen molar-refractivity contribution in [1.29, 1.82) is 0 Å². The quantitative estimate of drug-likeness (QED) is 0.723. The van der Waals surface area contributed by atoms with Crippen LogP contribution in [0, 0.1) is 5.92 Å². The van der Waals surface area contributed by atoms with Crippen LogP contribution < -0.4 is 5.73 Å². The van der Waals surface area contributed by atoms with E-state index in [-0.39, 0.29) is 48.6 Å². The lowest BCUT2D eigenvalue weighted by molar-refractivity contribution is -0.143. The molecule has 3 aliphatic rings. The highest BCUT2D eigenvalue weighted by molar-refractivity contribution is 5.85. The van der Waals surface area contributed by atoms with Gasteiger partial charge in [-0.05, 0) is 19.3 Å². The van der Waals surface area contributed by atoms with Gasteiger partial charge in [0.05, 0.1) is 19.8 Å². The monoisotopic (exact) mass is 396 g/mol. The number of piperazine rings is 1. The van der Waals surface area contributed by atoms with Crippen molar-refractivity contribution < 1.29 is 14.3 Å². The summed E-state index contributed by atoms with van der Waals surface area (Å²) in [5, 5.41) is 0. The highest BCUT2D eigenvalue weighted by Gasteiger charge is 2.33. The van der Waals surface area contributed by atoms with Gasteiger partial charge >= 0.3 is 0 Å². The number of hydrogen-bond acceptors (Lipinski definition) is 5. The molecular weight excluding hydrogens is 367 g/mol. The summed E-state index contributed by atoms with van der Waals surface area (Å²) in [5.41, 5.74) is 5.91. The Labute approximate surface area is 162 Å². The van der Waals surface area contributed by atoms with Crippen LogP contribution in [0.2, 0.25) is 0 Å². The summed E-state index contributed by atoms with van der Waals surface area (Å²) in [4.78, 5) is 30.8. The second-order valence-corrected chi connectivity index (χ2v) is 6.86. The molecule has 0 aromatic heterocycles. The minimum absolute atomic E-state index is 0. The van der Waals surface area contributed by atoms with Gasteiger partial charge in [-0.1, -0.05) is 0 Å². The van der Waals surface area contributed by atoms with Gasteiger partial charge in [0.15, 0.2) is 0 Å². The van der Waals surface area contributed by atoms with Crippen LogP contribution >= 0.6 is 24.8 Å². The molecule has 2 amide bonds. The first-order valence-corrected chi connectivity index (χ1v) is 8.75. The fourth-order valence-electron chi connectivity index (χ4n) is 3.73. The Hall–Kier alpha value is -0.600. The highest BCUT2D eigenvalue weighted by Crippen LogP contribution is 2.26. The van der Waals surface area contributed by atoms with Gasteiger partial charge in [0.2, 0.25) is 11.8 Å². The molecule has 2 aliphatic heterocycles. The summed E-state index contributed by atoms with van der Waals surface area (Å²) in [5.74, 6) is 0.501. The first-order chi connectivity index (χ1) is 11.1. The Balaban J connectivity index is 0.00000156. The number of nitrogens with zero attached hydrogens (tertiary/aromatic N) is 3. The molecule has 2 heterocycles. The summed E-state index contributed by atoms with van der Waals surface area (Å²) in [7, 11) is 0. The molecule has 1 aliphatic carbocycles. The first-order valence-electron chi connectivity index (χ1n) is 8.75. The van der Waals surface area contributed by atoms with Crippen LogP contribution in [-0.4, -0.2) is 91.6 Å². The first kappa shape index (κ1) is 22.4. The summed E-state index contributed by atoms with van der Waals surface area (Å²) in [6.45, 7) is 6.13. The number of amides is 2. The lowest BCUT2D eigenvalue weighted by Gasteiger charge is -2.37. The van der Waals surface area contributed by atoms with Gasteiger partial charge in [-0.25, -0.2) is 0 Å². The van der Waals surface area contributed by atoms with E-state index in [9.17, 15) is 9.59 Å². The van der Waals surface area contributed by atoms with E-state index in [2.05, 4.69) is 4.90 Å². The number of nitrogens with two attached hydrogens (primary N) is 1. The fourth-order valence-corrected chi connectivity index (χ4v) is 3.73. The third-order valence-electron chi connectivity index (χ3n) is 5.23. The molecule has 1 saturated carbocycles. The Morgan fingerprint density at radius 2 is 1.52 bits per heavy atom. The van der Waals surface area contributed by atoms with E-state index < -0.39 is 0 Å². The lowest BCUT2D eigenvalue weighted by atomic mass is 10.1. The SMILES string of the molecule is Cl.Cl.NC1CCC(C(=O)N2CCN(C(=O)CN3CCOCC3)CC2)C1. The molecule has 9 heteroatoms. The number of carbonyl (C=O) groups excluding carboxylic acids is 2. The van der Waals surface area contributed by atoms with E-state index in [1.165, 1.54) is 0 Å². The minimum Gasteiger partial charge on any atom is -0.379 e. The maximum Gasteiger partial charge on any atom is 0.236 e. The average Bonchev–Trinajstić information content (AvgIpc) is 3.02. The molecule has 2 N–H and O–H groups in total. The Bertz CT molecular complexity index is 441. The number of hydrogen-bond donors (Lipinski definition) is 1. The highest BCUT2D eigenvalue weighted by atomic mass is 35.5. The summed E-state index contributed by atoms with van der Waals surface area (Å²) in [6, 6.07) is 0.181. The van der Waals surface area contributed by atoms with Gasteiger partial charge in [0.25, 0.3) is 0 Å². The van der Waals surface area contributed by atoms with Gasteiger partial charge < -0.3 is 20.3 Å². The van der Waals surface area contributed by atoms with E-state index in [1.54, 1.807) is 0 Å². The zero-order chi connectivity index (χ0) is 16.2. The molecule has 7 nitrogen and oxygen atoms in total. The van der Waals surface area contributed by atoms with Crippen LogP contribution in [0.4, 0.5) is 0 Å². The number of carbonyl (C=O) groups is 2. The maximum absolute atomic E-state index is 12.5. The molecule has 2 atom stereocenters. The van der Waals surface area contributed by atoms with E-state index in [0.29, 0.717) is 45.9 Å². The molecule has 146 valence electrons. The molecule has 0 aromatic carbocycles. The zero-order valence-corrected chi connectivity index (χ0v) is 16.2. The molecule has 2 unspecified atom stereocenters. The molecule has 0 spiro atoms. The fraction of sp³-hybridized carbons (Fsp3) is 0.875. The molecule has 0 radical (unpaired) electrons. The minimum atomic E-state index is 0. The standard InChI is InChI=1S/C16H28N4O3.2ClH/c17-14-2-1-13(11-14)16(22)20-5-3-19(4-6-20)15(21)12-18-7-9-23-10-8-18;;/h13-14H,1-12,17H2;2*1H. The largest absolute Gasteiger partial charge is 0.379 e. The number of rotatable bonds is 3. The summed E-state index contributed by atoms with van der Waals surface area (Å²) >= 11 is 0. The maximum atomic E-state index is 12.5. The number of ether oxygens (including phenoxy) is 1. The predicted molar refractivity (Wildman–Crippen MR) is 100 cm³/mol. The van der Waals surface area contributed by atoms with Crippen LogP contribution in [0.15, 0.2) is 0 Å². The van der Waals surface area contributed by atoms with E-state index in [1.807, 2.05) is 9.80 Å². The van der Waals surface area contributed by atoms with Gasteiger partial charge in [0.1, 0.15) is 0 Å². The van der Waals surface area contributed by atoms with Crippen molar-refractivity contribution in [3.8, 4) is 0 Å². The number of halogens is 2. The van der Waals surface area contributed by atoms with Crippen molar-refractivity contribution in [3.63, 3.8) is 0 Å². The molecule has 0 aromatic rings. The molecule has 3 fully saturated rings. The van der Waals surface area contributed by atoms with Crippen LogP contribution in [0.25, 0.3) is 0 Å². The number of morpholine rings is 1. The van der Waals surface area contributed by atoms with Gasteiger partial charge in [0, 0.05) is 51.2 Å². The van der Waals surface area contributed by atoms with Crippen molar-refractivity contribution in [1.82, 2.24) is 14.7 Å². The van der Waals surface area contributed by atoms with E-state index >= 15 is 0 Å². The van der Waals surface area contributed by atoms with Crippen molar-refractivity contribution in [2.45, 2.75) is 25.3 Å². The Morgan fingerprint density at radius 1 is 0.920 bits per heavy atom. The summed E-state index contributed by atoms with van der Waals surface area (Å²) in [6.07, 6.45) is 2.68. The van der Waals surface area contributed by atoms with E-state index in [4.69, 9.17) is 10.5 Å². The molecule has 25 heavy (non-hydrogen) atoms. The zero-order valence-electron chi connectivity index (χ0n) is 14.6. The lowest BCUT2D eigenvalue weighted by Crippen LogP contribution is -2.54. The average molecular weight is 397 g/mol. The normalized spacial score (nSPS) is 27.4. The molecular formula is C16H30Cl2N4O3. The second-order valence-electron chi connectivity index (χ2n) is 6.86. The van der Waals surface area contributed by atoms with Crippen molar-refractivity contribution in [3.05, 3.63) is 0 Å². The van der Waals surface area contributed by atoms with Gasteiger partial charge in [-0.2, -0.15) is 0 Å². The Morgan fingerprint density at radius 3 is 2.08 bits per heavy atom. The van der Waals surface area contributed by atoms with Crippen molar-refractivity contribution >= 4 is 36.6 Å². The van der Waals surface area contributed by atoms with Crippen molar-refractivity contribution in [2.24, 2.45) is 11.7 Å². The predicted octanol–water partition coefficient (Wildman–Crippen LogP) is -0.0396. The second kappa shape index (κ2) is 10.5. The van der Waals surface area contributed by atoms with Crippen LogP contribution in [0.1, 0.15) is 19.3 Å². The Kier molecular flexibility index (Phi) is 9.45. The summed E-state index contributed by atoms with van der Waals surface area (Å²) < 4.78 is 5.30. The van der Waals surface area contributed by atoms with Gasteiger partial charge in [-0.3, -0.25) is 14.5 Å². The van der Waals surface area contributed by atoms with Crippen LogP contribution in [0.5, 0.6) is 0 Å². The van der Waals surface area contributed by atoms with Gasteiger partial charge in [-0.15, -0.1) is 24.8 Å². The topological polar surface area (TPSA) is 79.1 Å². The third kappa shape index (κ3) is 5.96. The van der Waals surface area contributed by atoms with Crippen LogP contribution in [-0.2, 0) is 14.3 Å². The third-order valence-corrected chi connectivity index (χ3v) is 5.23. The molecule has 0 bridgehead atoms. The van der Waals surface area contributed by atoms with E-state index in [0.717, 1.165) is 32.4 Å². The molecule has 3 rings (SSSR count). The smallest absolute Gasteiger partial charge is 0.236 e. The van der Waals surface area contributed by atoms with Crippen molar-refractivity contribution in [2.75, 3.05) is 59.0 Å². The van der Waals surface area contributed by atoms with Crippen LogP contribution in [0.3, 0.4) is 0 Å². The molecule has 2 saturated heterocycles.